The van der Waals surface area contributed by atoms with Gasteiger partial charge >= 0.3 is 6.18 Å². The van der Waals surface area contributed by atoms with E-state index < -0.39 is 11.7 Å². The summed E-state index contributed by atoms with van der Waals surface area (Å²) >= 11 is 0. The van der Waals surface area contributed by atoms with Gasteiger partial charge in [-0.25, -0.2) is 0 Å². The molecule has 0 saturated carbocycles. The van der Waals surface area contributed by atoms with Gasteiger partial charge in [-0.05, 0) is 30.5 Å². The highest BCUT2D eigenvalue weighted by atomic mass is 19.4. The summed E-state index contributed by atoms with van der Waals surface area (Å²) in [5.41, 5.74) is -0.262. The standard InChI is InChI=1S/C20H19F3N2O3/c21-20(22,23)13-7-5-12(6-8-13)9-17(26)24-10-14(11-24)25-18(27)15-3-1-2-4-16(15)19(25)28/h1-2,5-8,14-16H,3-4,9-11H2. The number of halogens is 3. The number of carbonyl (C=O) groups excluding carboxylic acids is 3. The number of allylic oxidation sites excluding steroid dienone is 2. The molecule has 2 fully saturated rings. The molecule has 8 heteroatoms. The lowest BCUT2D eigenvalue weighted by atomic mass is 9.85. The number of likely N-dealkylation sites (tertiary alicyclic amines) is 2. The minimum absolute atomic E-state index is 0.0120. The van der Waals surface area contributed by atoms with Gasteiger partial charge in [-0.1, -0.05) is 24.3 Å². The molecule has 0 spiro atoms. The van der Waals surface area contributed by atoms with Crippen LogP contribution in [0, 0.1) is 11.8 Å². The van der Waals surface area contributed by atoms with E-state index in [4.69, 9.17) is 0 Å². The van der Waals surface area contributed by atoms with E-state index in [1.165, 1.54) is 21.9 Å². The lowest BCUT2D eigenvalue weighted by Gasteiger charge is -2.43. The van der Waals surface area contributed by atoms with Crippen molar-refractivity contribution in [3.63, 3.8) is 0 Å². The SMILES string of the molecule is O=C(Cc1ccc(C(F)(F)F)cc1)N1CC(N2C(=O)C3CC=CCC3C2=O)C1. The molecule has 5 nitrogen and oxygen atoms in total. The second-order valence-electron chi connectivity index (χ2n) is 7.53. The van der Waals surface area contributed by atoms with Crippen LogP contribution in [0.25, 0.3) is 0 Å². The number of carbonyl (C=O) groups is 3. The third-order valence-electron chi connectivity index (χ3n) is 5.76. The number of alkyl halides is 3. The summed E-state index contributed by atoms with van der Waals surface area (Å²) in [5, 5.41) is 0. The molecule has 148 valence electrons. The highest BCUT2D eigenvalue weighted by molar-refractivity contribution is 6.06. The van der Waals surface area contributed by atoms with E-state index in [1.54, 1.807) is 0 Å². The van der Waals surface area contributed by atoms with Crippen LogP contribution in [0.15, 0.2) is 36.4 Å². The average molecular weight is 392 g/mol. The van der Waals surface area contributed by atoms with Crippen LogP contribution in [0.4, 0.5) is 13.2 Å². The lowest BCUT2D eigenvalue weighted by molar-refractivity contribution is -0.152. The maximum Gasteiger partial charge on any atom is 0.416 e. The number of hydrogen-bond acceptors (Lipinski definition) is 3. The normalized spacial score (nSPS) is 25.1. The van der Waals surface area contributed by atoms with Gasteiger partial charge < -0.3 is 4.90 Å². The van der Waals surface area contributed by atoms with Gasteiger partial charge in [0.15, 0.2) is 0 Å². The summed E-state index contributed by atoms with van der Waals surface area (Å²) in [6, 6.07) is 4.20. The topological polar surface area (TPSA) is 57.7 Å². The number of amides is 3. The van der Waals surface area contributed by atoms with Crippen molar-refractivity contribution in [2.75, 3.05) is 13.1 Å². The van der Waals surface area contributed by atoms with E-state index in [0.717, 1.165) is 12.1 Å². The van der Waals surface area contributed by atoms with Gasteiger partial charge in [0, 0.05) is 13.1 Å². The van der Waals surface area contributed by atoms with Crippen molar-refractivity contribution in [3.8, 4) is 0 Å². The number of benzene rings is 1. The van der Waals surface area contributed by atoms with Crippen LogP contribution < -0.4 is 0 Å². The van der Waals surface area contributed by atoms with Crippen LogP contribution in [0.2, 0.25) is 0 Å². The maximum atomic E-state index is 12.6. The third-order valence-corrected chi connectivity index (χ3v) is 5.76. The minimum Gasteiger partial charge on any atom is -0.338 e. The molecule has 0 bridgehead atoms. The first-order chi connectivity index (χ1) is 13.3. The van der Waals surface area contributed by atoms with Crippen LogP contribution in [0.3, 0.4) is 0 Å². The molecule has 3 amide bonds. The summed E-state index contributed by atoms with van der Waals surface area (Å²) in [7, 11) is 0. The molecular weight excluding hydrogens is 373 g/mol. The zero-order valence-electron chi connectivity index (χ0n) is 15.0. The smallest absolute Gasteiger partial charge is 0.338 e. The Balaban J connectivity index is 1.33. The molecular formula is C20H19F3N2O3. The van der Waals surface area contributed by atoms with E-state index in [1.807, 2.05) is 12.2 Å². The summed E-state index contributed by atoms with van der Waals surface area (Å²) in [6.45, 7) is 0.563. The Morgan fingerprint density at radius 3 is 2.00 bits per heavy atom. The van der Waals surface area contributed by atoms with Crippen molar-refractivity contribution in [2.24, 2.45) is 11.8 Å². The van der Waals surface area contributed by atoms with Crippen molar-refractivity contribution in [3.05, 3.63) is 47.5 Å². The van der Waals surface area contributed by atoms with Crippen LogP contribution in [-0.4, -0.2) is 46.7 Å². The van der Waals surface area contributed by atoms with Crippen LogP contribution in [0.5, 0.6) is 0 Å². The largest absolute Gasteiger partial charge is 0.416 e. The Morgan fingerprint density at radius 1 is 0.964 bits per heavy atom. The Labute approximate surface area is 159 Å². The van der Waals surface area contributed by atoms with Crippen molar-refractivity contribution in [2.45, 2.75) is 31.5 Å². The van der Waals surface area contributed by atoms with E-state index in [0.29, 0.717) is 18.4 Å². The molecule has 2 saturated heterocycles. The van der Waals surface area contributed by atoms with Crippen LogP contribution in [-0.2, 0) is 27.0 Å². The van der Waals surface area contributed by atoms with Gasteiger partial charge in [0.1, 0.15) is 0 Å². The molecule has 2 heterocycles. The summed E-state index contributed by atoms with van der Waals surface area (Å²) in [4.78, 5) is 40.3. The summed E-state index contributed by atoms with van der Waals surface area (Å²) in [5.74, 6) is -1.10. The van der Waals surface area contributed by atoms with E-state index in [-0.39, 0.29) is 55.1 Å². The zero-order chi connectivity index (χ0) is 20.1. The van der Waals surface area contributed by atoms with Crippen molar-refractivity contribution >= 4 is 17.7 Å². The van der Waals surface area contributed by atoms with Gasteiger partial charge in [-0.15, -0.1) is 0 Å². The average Bonchev–Trinajstić information content (AvgIpc) is 2.86. The Kier molecular flexibility index (Phi) is 4.51. The molecule has 2 aliphatic heterocycles. The van der Waals surface area contributed by atoms with Crippen molar-refractivity contribution in [1.29, 1.82) is 0 Å². The summed E-state index contributed by atoms with van der Waals surface area (Å²) in [6.07, 6.45) is 0.591. The molecule has 2 atom stereocenters. The Bertz CT molecular complexity index is 815. The quantitative estimate of drug-likeness (QED) is 0.586. The number of rotatable bonds is 3. The molecule has 2 unspecified atom stereocenters. The first-order valence-electron chi connectivity index (χ1n) is 9.21. The first-order valence-corrected chi connectivity index (χ1v) is 9.21. The first kappa shape index (κ1) is 18.7. The molecule has 1 aliphatic carbocycles. The number of imide groups is 1. The zero-order valence-corrected chi connectivity index (χ0v) is 15.0. The predicted molar refractivity (Wildman–Crippen MR) is 92.7 cm³/mol. The van der Waals surface area contributed by atoms with E-state index >= 15 is 0 Å². The minimum atomic E-state index is -4.41. The Hall–Kier alpha value is -2.64. The molecule has 0 N–H and O–H groups in total. The molecule has 1 aromatic carbocycles. The second-order valence-corrected chi connectivity index (χ2v) is 7.53. The molecule has 3 aliphatic rings. The highest BCUT2D eigenvalue weighted by Gasteiger charge is 2.52. The fourth-order valence-electron chi connectivity index (χ4n) is 4.11. The second kappa shape index (κ2) is 6.76. The molecule has 0 radical (unpaired) electrons. The van der Waals surface area contributed by atoms with E-state index in [2.05, 4.69) is 0 Å². The number of hydrogen-bond donors (Lipinski definition) is 0. The predicted octanol–water partition coefficient (Wildman–Crippen LogP) is 2.41. The Morgan fingerprint density at radius 2 is 1.50 bits per heavy atom. The fraction of sp³-hybridized carbons (Fsp3) is 0.450. The number of fused-ring (bicyclic) bond motifs is 1. The van der Waals surface area contributed by atoms with Crippen molar-refractivity contribution < 1.29 is 27.6 Å². The maximum absolute atomic E-state index is 12.6. The van der Waals surface area contributed by atoms with Crippen LogP contribution in [0.1, 0.15) is 24.0 Å². The van der Waals surface area contributed by atoms with Gasteiger partial charge in [0.05, 0.1) is 29.9 Å². The molecule has 0 aromatic heterocycles. The van der Waals surface area contributed by atoms with Gasteiger partial charge in [0.2, 0.25) is 17.7 Å². The molecule has 4 rings (SSSR count). The molecule has 28 heavy (non-hydrogen) atoms. The lowest BCUT2D eigenvalue weighted by Crippen LogP contribution is -2.62. The fourth-order valence-corrected chi connectivity index (χ4v) is 4.11. The van der Waals surface area contributed by atoms with Gasteiger partial charge in [0.25, 0.3) is 0 Å². The highest BCUT2D eigenvalue weighted by Crippen LogP contribution is 2.37. The van der Waals surface area contributed by atoms with Crippen molar-refractivity contribution in [1.82, 2.24) is 9.80 Å². The van der Waals surface area contributed by atoms with Crippen LogP contribution >= 0.6 is 0 Å². The summed E-state index contributed by atoms with van der Waals surface area (Å²) < 4.78 is 37.8. The van der Waals surface area contributed by atoms with Gasteiger partial charge in [-0.2, -0.15) is 13.2 Å². The number of nitrogens with zero attached hydrogens (tertiary/aromatic N) is 2. The van der Waals surface area contributed by atoms with Gasteiger partial charge in [-0.3, -0.25) is 19.3 Å². The van der Waals surface area contributed by atoms with E-state index in [9.17, 15) is 27.6 Å². The third kappa shape index (κ3) is 3.21. The molecule has 1 aromatic rings. The monoisotopic (exact) mass is 392 g/mol.